The average molecular weight is 439 g/mol. The van der Waals surface area contributed by atoms with Gasteiger partial charge in [-0.2, -0.15) is 0 Å². The third kappa shape index (κ3) is 6.33. The molecule has 7 nitrogen and oxygen atoms in total. The first-order valence-electron chi connectivity index (χ1n) is 10.9. The van der Waals surface area contributed by atoms with E-state index in [1.807, 2.05) is 42.5 Å². The Morgan fingerprint density at radius 2 is 1.66 bits per heavy atom. The van der Waals surface area contributed by atoms with Gasteiger partial charge in [0.15, 0.2) is 0 Å². The minimum Gasteiger partial charge on any atom is -0.489 e. The Hall–Kier alpha value is -3.35. The third-order valence-electron chi connectivity index (χ3n) is 5.54. The fraction of sp³-hybridized carbons (Fsp3) is 0.400. The van der Waals surface area contributed by atoms with E-state index >= 15 is 0 Å². The molecule has 0 radical (unpaired) electrons. The van der Waals surface area contributed by atoms with Gasteiger partial charge in [0, 0.05) is 25.7 Å². The molecule has 7 heteroatoms. The lowest BCUT2D eigenvalue weighted by atomic mass is 9.97. The van der Waals surface area contributed by atoms with Crippen LogP contribution in [0.15, 0.2) is 54.6 Å². The van der Waals surface area contributed by atoms with Crippen LogP contribution in [0.3, 0.4) is 0 Å². The Kier molecular flexibility index (Phi) is 8.25. The second-order valence-electron chi connectivity index (χ2n) is 7.87. The van der Waals surface area contributed by atoms with Gasteiger partial charge in [0.2, 0.25) is 5.91 Å². The number of carbonyl (C=O) groups is 3. The Morgan fingerprint density at radius 3 is 2.28 bits per heavy atom. The van der Waals surface area contributed by atoms with Crippen molar-refractivity contribution in [3.63, 3.8) is 0 Å². The molecule has 2 aromatic rings. The molecule has 1 aliphatic heterocycles. The van der Waals surface area contributed by atoms with Gasteiger partial charge < -0.3 is 19.3 Å². The molecule has 0 bridgehead atoms. The van der Waals surface area contributed by atoms with Gasteiger partial charge in [0.05, 0.1) is 19.1 Å². The highest BCUT2D eigenvalue weighted by Gasteiger charge is 2.29. The molecule has 3 rings (SSSR count). The number of hydrogen-bond acceptors (Lipinski definition) is 5. The molecule has 32 heavy (non-hydrogen) atoms. The molecule has 1 fully saturated rings. The van der Waals surface area contributed by atoms with E-state index in [1.165, 1.54) is 4.90 Å². The number of esters is 1. The number of para-hydroxylation sites is 1. The fourth-order valence-electron chi connectivity index (χ4n) is 3.65. The van der Waals surface area contributed by atoms with E-state index in [1.54, 1.807) is 31.0 Å². The first kappa shape index (κ1) is 23.3. The molecule has 0 N–H and O–H groups in total. The molecular weight excluding hydrogens is 408 g/mol. The molecule has 1 aliphatic rings. The monoisotopic (exact) mass is 438 g/mol. The highest BCUT2D eigenvalue weighted by atomic mass is 16.5. The molecule has 2 amide bonds. The summed E-state index contributed by atoms with van der Waals surface area (Å²) in [4.78, 5) is 40.3. The van der Waals surface area contributed by atoms with Gasteiger partial charge in [0.25, 0.3) is 5.91 Å². The summed E-state index contributed by atoms with van der Waals surface area (Å²) >= 11 is 0. The third-order valence-corrected chi connectivity index (χ3v) is 5.54. The molecule has 0 aliphatic carbocycles. The summed E-state index contributed by atoms with van der Waals surface area (Å²) in [6.45, 7) is 3.57. The summed E-state index contributed by atoms with van der Waals surface area (Å²) in [6.07, 6.45) is 1.18. The first-order valence-corrected chi connectivity index (χ1v) is 10.9. The molecule has 0 aromatic heterocycles. The minimum atomic E-state index is -0.213. The van der Waals surface area contributed by atoms with Crippen LogP contribution in [0.1, 0.15) is 35.7 Å². The molecule has 2 aromatic carbocycles. The van der Waals surface area contributed by atoms with Crippen LogP contribution in [0, 0.1) is 5.92 Å². The van der Waals surface area contributed by atoms with Crippen molar-refractivity contribution < 1.29 is 23.9 Å². The zero-order valence-electron chi connectivity index (χ0n) is 18.7. The largest absolute Gasteiger partial charge is 0.489 e. The van der Waals surface area contributed by atoms with Crippen molar-refractivity contribution in [2.75, 3.05) is 33.3 Å². The number of hydrogen-bond donors (Lipinski definition) is 0. The Labute approximate surface area is 188 Å². The molecule has 0 unspecified atom stereocenters. The van der Waals surface area contributed by atoms with E-state index in [0.717, 1.165) is 11.3 Å². The van der Waals surface area contributed by atoms with E-state index in [2.05, 4.69) is 0 Å². The van der Waals surface area contributed by atoms with Crippen LogP contribution in [0.25, 0.3) is 0 Å². The zero-order valence-corrected chi connectivity index (χ0v) is 18.7. The van der Waals surface area contributed by atoms with Crippen LogP contribution in [-0.2, 0) is 20.9 Å². The number of carbonyl (C=O) groups excluding carboxylic acids is 3. The van der Waals surface area contributed by atoms with Gasteiger partial charge in [-0.25, -0.2) is 0 Å². The topological polar surface area (TPSA) is 76.2 Å². The van der Waals surface area contributed by atoms with Crippen molar-refractivity contribution in [3.8, 4) is 5.75 Å². The van der Waals surface area contributed by atoms with Crippen LogP contribution >= 0.6 is 0 Å². The van der Waals surface area contributed by atoms with Crippen LogP contribution in [0.2, 0.25) is 0 Å². The summed E-state index contributed by atoms with van der Waals surface area (Å²) in [5.74, 6) is 0.121. The van der Waals surface area contributed by atoms with Crippen molar-refractivity contribution >= 4 is 17.8 Å². The van der Waals surface area contributed by atoms with Crippen LogP contribution < -0.4 is 4.74 Å². The second-order valence-corrected chi connectivity index (χ2v) is 7.87. The van der Waals surface area contributed by atoms with E-state index in [9.17, 15) is 14.4 Å². The smallest absolute Gasteiger partial charge is 0.309 e. The van der Waals surface area contributed by atoms with Gasteiger partial charge >= 0.3 is 5.97 Å². The maximum atomic E-state index is 12.7. The van der Waals surface area contributed by atoms with Crippen LogP contribution in [0.5, 0.6) is 5.75 Å². The standard InChI is InChI=1S/C25H30N2O5/c1-3-31-25(30)21-13-15-27(16-14-21)23(28)17-26(2)24(29)20-11-9-19(10-12-20)18-32-22-7-5-4-6-8-22/h4-12,21H,3,13-18H2,1-2H3. The number of ether oxygens (including phenoxy) is 2. The second kappa shape index (κ2) is 11.3. The summed E-state index contributed by atoms with van der Waals surface area (Å²) in [7, 11) is 1.62. The zero-order chi connectivity index (χ0) is 22.9. The quantitative estimate of drug-likeness (QED) is 0.592. The predicted octanol–water partition coefficient (Wildman–Crippen LogP) is 3.14. The summed E-state index contributed by atoms with van der Waals surface area (Å²) in [5.41, 5.74) is 1.47. The van der Waals surface area contributed by atoms with Gasteiger partial charge in [-0.1, -0.05) is 30.3 Å². The van der Waals surface area contributed by atoms with Crippen LogP contribution in [0.4, 0.5) is 0 Å². The number of rotatable bonds is 8. The van der Waals surface area contributed by atoms with Gasteiger partial charge in [-0.3, -0.25) is 14.4 Å². The van der Waals surface area contributed by atoms with E-state index in [0.29, 0.717) is 44.7 Å². The van der Waals surface area contributed by atoms with Gasteiger partial charge in [-0.05, 0) is 49.6 Å². The van der Waals surface area contributed by atoms with Gasteiger partial charge in [0.1, 0.15) is 12.4 Å². The van der Waals surface area contributed by atoms with Crippen LogP contribution in [-0.4, -0.2) is 60.9 Å². The molecular formula is C25H30N2O5. The molecule has 0 spiro atoms. The van der Waals surface area contributed by atoms with Crippen molar-refractivity contribution in [2.24, 2.45) is 5.92 Å². The number of likely N-dealkylation sites (N-methyl/N-ethyl adjacent to an activating group) is 1. The molecule has 1 heterocycles. The van der Waals surface area contributed by atoms with E-state index in [-0.39, 0.29) is 30.2 Å². The fourth-order valence-corrected chi connectivity index (χ4v) is 3.65. The minimum absolute atomic E-state index is 0.00176. The Balaban J connectivity index is 1.46. The lowest BCUT2D eigenvalue weighted by Gasteiger charge is -2.32. The number of piperidine rings is 1. The highest BCUT2D eigenvalue weighted by molar-refractivity contribution is 5.96. The number of likely N-dealkylation sites (tertiary alicyclic amines) is 1. The maximum absolute atomic E-state index is 12.7. The Morgan fingerprint density at radius 1 is 1.00 bits per heavy atom. The lowest BCUT2D eigenvalue weighted by molar-refractivity contribution is -0.151. The predicted molar refractivity (Wildman–Crippen MR) is 120 cm³/mol. The average Bonchev–Trinajstić information content (AvgIpc) is 2.83. The van der Waals surface area contributed by atoms with Gasteiger partial charge in [-0.15, -0.1) is 0 Å². The highest BCUT2D eigenvalue weighted by Crippen LogP contribution is 2.19. The number of amides is 2. The number of nitrogens with zero attached hydrogens (tertiary/aromatic N) is 2. The number of benzene rings is 2. The summed E-state index contributed by atoms with van der Waals surface area (Å²) in [6, 6.07) is 16.7. The lowest BCUT2D eigenvalue weighted by Crippen LogP contribution is -2.45. The van der Waals surface area contributed by atoms with E-state index in [4.69, 9.17) is 9.47 Å². The molecule has 170 valence electrons. The normalized spacial score (nSPS) is 14.0. The van der Waals surface area contributed by atoms with Crippen molar-refractivity contribution in [3.05, 3.63) is 65.7 Å². The van der Waals surface area contributed by atoms with E-state index < -0.39 is 0 Å². The molecule has 0 saturated carbocycles. The molecule has 0 atom stereocenters. The molecule has 1 saturated heterocycles. The van der Waals surface area contributed by atoms with Crippen molar-refractivity contribution in [2.45, 2.75) is 26.4 Å². The SMILES string of the molecule is CCOC(=O)C1CCN(C(=O)CN(C)C(=O)c2ccc(COc3ccccc3)cc2)CC1. The van der Waals surface area contributed by atoms with Crippen molar-refractivity contribution in [1.29, 1.82) is 0 Å². The first-order chi connectivity index (χ1) is 15.5. The Bertz CT molecular complexity index is 906. The van der Waals surface area contributed by atoms with Crippen molar-refractivity contribution in [1.82, 2.24) is 9.80 Å². The summed E-state index contributed by atoms with van der Waals surface area (Å²) < 4.78 is 10.8. The maximum Gasteiger partial charge on any atom is 0.309 e. The summed E-state index contributed by atoms with van der Waals surface area (Å²) in [5, 5.41) is 0.